The summed E-state index contributed by atoms with van der Waals surface area (Å²) < 4.78 is 1.49. The lowest BCUT2D eigenvalue weighted by molar-refractivity contribution is 0.776. The van der Waals surface area contributed by atoms with Crippen LogP contribution in [0.15, 0.2) is 47.3 Å². The van der Waals surface area contributed by atoms with Gasteiger partial charge in [0.1, 0.15) is 0 Å². The van der Waals surface area contributed by atoms with Gasteiger partial charge in [0.15, 0.2) is 5.65 Å². The number of benzene rings is 1. The van der Waals surface area contributed by atoms with E-state index in [1.54, 1.807) is 6.07 Å². The minimum atomic E-state index is -0.0873. The maximum atomic E-state index is 12.1. The van der Waals surface area contributed by atoms with Crippen molar-refractivity contribution in [2.45, 2.75) is 19.8 Å². The number of hydrogen-bond donors (Lipinski definition) is 1. The van der Waals surface area contributed by atoms with Crippen LogP contribution in [0.4, 0.5) is 0 Å². The molecule has 2 aromatic heterocycles. The van der Waals surface area contributed by atoms with Gasteiger partial charge in [-0.3, -0.25) is 9.89 Å². The molecule has 1 N–H and O–H groups in total. The highest BCUT2D eigenvalue weighted by Crippen LogP contribution is 2.17. The van der Waals surface area contributed by atoms with Gasteiger partial charge in [0, 0.05) is 23.4 Å². The second-order valence-electron chi connectivity index (χ2n) is 4.91. The largest absolute Gasteiger partial charge is 0.293 e. The van der Waals surface area contributed by atoms with Crippen LogP contribution in [0.25, 0.3) is 16.9 Å². The zero-order valence-corrected chi connectivity index (χ0v) is 10.9. The molecule has 96 valence electrons. The van der Waals surface area contributed by atoms with Crippen molar-refractivity contribution in [3.63, 3.8) is 0 Å². The van der Waals surface area contributed by atoms with E-state index in [0.29, 0.717) is 17.3 Å². The van der Waals surface area contributed by atoms with E-state index in [1.165, 1.54) is 4.52 Å². The van der Waals surface area contributed by atoms with E-state index in [0.717, 1.165) is 11.3 Å². The molecule has 19 heavy (non-hydrogen) atoms. The molecule has 0 bridgehead atoms. The van der Waals surface area contributed by atoms with Gasteiger partial charge in [0.05, 0.1) is 5.69 Å². The van der Waals surface area contributed by atoms with Crippen LogP contribution in [-0.4, -0.2) is 14.6 Å². The standard InChI is InChI=1S/C15H15N3O/c1-10(2)12-8-14-16-13(9-15(19)18(14)17-12)11-6-4-3-5-7-11/h3-10,17H,1-2H3. The Hall–Kier alpha value is -2.36. The summed E-state index contributed by atoms with van der Waals surface area (Å²) in [6, 6.07) is 13.2. The van der Waals surface area contributed by atoms with Crippen molar-refractivity contribution in [2.75, 3.05) is 0 Å². The van der Waals surface area contributed by atoms with E-state index >= 15 is 0 Å². The molecule has 0 saturated carbocycles. The van der Waals surface area contributed by atoms with Gasteiger partial charge in [-0.05, 0) is 5.92 Å². The van der Waals surface area contributed by atoms with Crippen molar-refractivity contribution in [3.8, 4) is 11.3 Å². The number of aromatic nitrogens is 3. The quantitative estimate of drug-likeness (QED) is 0.763. The minimum Gasteiger partial charge on any atom is -0.293 e. The van der Waals surface area contributed by atoms with Crippen LogP contribution >= 0.6 is 0 Å². The molecule has 0 amide bonds. The summed E-state index contributed by atoms with van der Waals surface area (Å²) in [7, 11) is 0. The number of H-pyrrole nitrogens is 1. The van der Waals surface area contributed by atoms with E-state index in [1.807, 2.05) is 36.4 Å². The Morgan fingerprint density at radius 3 is 2.58 bits per heavy atom. The lowest BCUT2D eigenvalue weighted by atomic mass is 10.1. The SMILES string of the molecule is CC(C)c1cc2nc(-c3ccccc3)cc(=O)n2[nH]1. The monoisotopic (exact) mass is 253 g/mol. The molecule has 0 fully saturated rings. The molecule has 1 aromatic carbocycles. The van der Waals surface area contributed by atoms with Crippen LogP contribution in [0.5, 0.6) is 0 Å². The minimum absolute atomic E-state index is 0.0873. The highest BCUT2D eigenvalue weighted by Gasteiger charge is 2.09. The van der Waals surface area contributed by atoms with Crippen LogP contribution in [0.3, 0.4) is 0 Å². The first-order chi connectivity index (χ1) is 9.15. The molecule has 4 heteroatoms. The summed E-state index contributed by atoms with van der Waals surface area (Å²) >= 11 is 0. The maximum Gasteiger partial charge on any atom is 0.273 e. The van der Waals surface area contributed by atoms with Gasteiger partial charge in [-0.25, -0.2) is 9.50 Å². The predicted molar refractivity (Wildman–Crippen MR) is 75.3 cm³/mol. The highest BCUT2D eigenvalue weighted by molar-refractivity contribution is 5.61. The van der Waals surface area contributed by atoms with Gasteiger partial charge < -0.3 is 0 Å². The molecule has 0 radical (unpaired) electrons. The molecule has 0 spiro atoms. The van der Waals surface area contributed by atoms with Crippen LogP contribution in [0.1, 0.15) is 25.5 Å². The van der Waals surface area contributed by atoms with E-state index in [9.17, 15) is 4.79 Å². The van der Waals surface area contributed by atoms with Crippen molar-refractivity contribution in [1.29, 1.82) is 0 Å². The summed E-state index contributed by atoms with van der Waals surface area (Å²) in [6.45, 7) is 4.15. The smallest absolute Gasteiger partial charge is 0.273 e. The molecule has 2 heterocycles. The van der Waals surface area contributed by atoms with Gasteiger partial charge in [0.25, 0.3) is 5.56 Å². The van der Waals surface area contributed by atoms with Gasteiger partial charge in [0.2, 0.25) is 0 Å². The fourth-order valence-corrected chi connectivity index (χ4v) is 2.06. The Labute approximate surface area is 110 Å². The normalized spacial score (nSPS) is 11.3. The van der Waals surface area contributed by atoms with E-state index < -0.39 is 0 Å². The topological polar surface area (TPSA) is 50.2 Å². The number of rotatable bonds is 2. The molecule has 0 saturated heterocycles. The summed E-state index contributed by atoms with van der Waals surface area (Å²) in [6.07, 6.45) is 0. The van der Waals surface area contributed by atoms with Crippen LogP contribution in [0.2, 0.25) is 0 Å². The van der Waals surface area contributed by atoms with Crippen molar-refractivity contribution >= 4 is 5.65 Å². The summed E-state index contributed by atoms with van der Waals surface area (Å²) in [5.41, 5.74) is 3.25. The third-order valence-corrected chi connectivity index (χ3v) is 3.16. The van der Waals surface area contributed by atoms with Gasteiger partial charge in [-0.1, -0.05) is 44.2 Å². The second-order valence-corrected chi connectivity index (χ2v) is 4.91. The van der Waals surface area contributed by atoms with E-state index in [2.05, 4.69) is 23.9 Å². The highest BCUT2D eigenvalue weighted by atomic mass is 16.1. The number of hydrogen-bond acceptors (Lipinski definition) is 2. The summed E-state index contributed by atoms with van der Waals surface area (Å²) in [5, 5.41) is 3.08. The average molecular weight is 253 g/mol. The molecule has 4 nitrogen and oxygen atoms in total. The third kappa shape index (κ3) is 2.05. The fraction of sp³-hybridized carbons (Fsp3) is 0.200. The Balaban J connectivity index is 2.22. The molecule has 0 aliphatic rings. The first-order valence-corrected chi connectivity index (χ1v) is 6.33. The Morgan fingerprint density at radius 1 is 1.16 bits per heavy atom. The van der Waals surface area contributed by atoms with Crippen molar-refractivity contribution in [1.82, 2.24) is 14.6 Å². The first kappa shape index (κ1) is 11.7. The summed E-state index contributed by atoms with van der Waals surface area (Å²) in [5.74, 6) is 0.335. The zero-order chi connectivity index (χ0) is 13.4. The van der Waals surface area contributed by atoms with Crippen LogP contribution in [-0.2, 0) is 0 Å². The van der Waals surface area contributed by atoms with Gasteiger partial charge in [-0.2, -0.15) is 0 Å². The van der Waals surface area contributed by atoms with Gasteiger partial charge in [-0.15, -0.1) is 0 Å². The Bertz CT molecular complexity index is 769. The van der Waals surface area contributed by atoms with Crippen molar-refractivity contribution in [3.05, 3.63) is 58.5 Å². The first-order valence-electron chi connectivity index (χ1n) is 6.33. The Kier molecular flexibility index (Phi) is 2.71. The number of nitrogens with one attached hydrogen (secondary N) is 1. The lowest BCUT2D eigenvalue weighted by Gasteiger charge is -2.00. The number of nitrogens with zero attached hydrogens (tertiary/aromatic N) is 2. The number of fused-ring (bicyclic) bond motifs is 1. The van der Waals surface area contributed by atoms with E-state index in [4.69, 9.17) is 0 Å². The molecular weight excluding hydrogens is 238 g/mol. The molecule has 0 aliphatic carbocycles. The third-order valence-electron chi connectivity index (χ3n) is 3.16. The maximum absolute atomic E-state index is 12.1. The zero-order valence-electron chi connectivity index (χ0n) is 10.9. The molecule has 3 rings (SSSR count). The number of aromatic amines is 1. The molecule has 0 aliphatic heterocycles. The fourth-order valence-electron chi connectivity index (χ4n) is 2.06. The van der Waals surface area contributed by atoms with Crippen molar-refractivity contribution in [2.24, 2.45) is 0 Å². The van der Waals surface area contributed by atoms with Crippen LogP contribution < -0.4 is 5.56 Å². The molecule has 0 atom stereocenters. The van der Waals surface area contributed by atoms with Crippen LogP contribution in [0, 0.1) is 0 Å². The van der Waals surface area contributed by atoms with E-state index in [-0.39, 0.29) is 5.56 Å². The average Bonchev–Trinajstić information content (AvgIpc) is 2.84. The second kappa shape index (κ2) is 4.39. The molecule has 0 unspecified atom stereocenters. The lowest BCUT2D eigenvalue weighted by Crippen LogP contribution is -2.14. The van der Waals surface area contributed by atoms with Gasteiger partial charge >= 0.3 is 0 Å². The predicted octanol–water partition coefficient (Wildman–Crippen LogP) is 2.81. The summed E-state index contributed by atoms with van der Waals surface area (Å²) in [4.78, 5) is 16.6. The molecular formula is C15H15N3O. The van der Waals surface area contributed by atoms with Crippen molar-refractivity contribution < 1.29 is 0 Å². The Morgan fingerprint density at radius 2 is 1.89 bits per heavy atom. The molecule has 3 aromatic rings.